The standard InChI is InChI=1S/C11H14BrNO2S/c1-8-4-10(12)6-11(5-8)16(14,15)13-7-9-2-3-9/h4-6,9,13H,2-3,7H2,1H3. The minimum absolute atomic E-state index is 0.333. The number of nitrogens with one attached hydrogen (secondary N) is 1. The van der Waals surface area contributed by atoms with Gasteiger partial charge in [-0.2, -0.15) is 0 Å². The molecule has 88 valence electrons. The summed E-state index contributed by atoms with van der Waals surface area (Å²) in [6, 6.07) is 5.20. The highest BCUT2D eigenvalue weighted by Gasteiger charge is 2.24. The van der Waals surface area contributed by atoms with E-state index in [2.05, 4.69) is 20.7 Å². The van der Waals surface area contributed by atoms with Crippen LogP contribution < -0.4 is 4.72 Å². The number of rotatable bonds is 4. The van der Waals surface area contributed by atoms with Gasteiger partial charge in [-0.15, -0.1) is 0 Å². The fraction of sp³-hybridized carbons (Fsp3) is 0.455. The molecule has 2 rings (SSSR count). The molecule has 1 N–H and O–H groups in total. The second-order valence-electron chi connectivity index (χ2n) is 4.26. The Morgan fingerprint density at radius 1 is 1.38 bits per heavy atom. The molecule has 1 aliphatic rings. The van der Waals surface area contributed by atoms with E-state index in [1.54, 1.807) is 12.1 Å². The molecule has 16 heavy (non-hydrogen) atoms. The molecule has 5 heteroatoms. The van der Waals surface area contributed by atoms with E-state index < -0.39 is 10.0 Å². The van der Waals surface area contributed by atoms with Crippen molar-refractivity contribution in [3.8, 4) is 0 Å². The van der Waals surface area contributed by atoms with Gasteiger partial charge in [0.25, 0.3) is 0 Å². The first kappa shape index (κ1) is 12.1. The van der Waals surface area contributed by atoms with Crippen molar-refractivity contribution >= 4 is 26.0 Å². The number of hydrogen-bond acceptors (Lipinski definition) is 2. The van der Waals surface area contributed by atoms with E-state index in [-0.39, 0.29) is 0 Å². The van der Waals surface area contributed by atoms with Gasteiger partial charge in [-0.05, 0) is 49.4 Å². The minimum Gasteiger partial charge on any atom is -0.211 e. The summed E-state index contributed by atoms with van der Waals surface area (Å²) in [7, 11) is -3.34. The number of hydrogen-bond donors (Lipinski definition) is 1. The number of sulfonamides is 1. The van der Waals surface area contributed by atoms with E-state index in [1.165, 1.54) is 0 Å². The average Bonchev–Trinajstić information content (AvgIpc) is 2.96. The Labute approximate surface area is 104 Å². The third-order valence-electron chi connectivity index (χ3n) is 2.58. The molecule has 0 spiro atoms. The lowest BCUT2D eigenvalue weighted by Crippen LogP contribution is -2.25. The Morgan fingerprint density at radius 2 is 2.06 bits per heavy atom. The Bertz CT molecular complexity index is 474. The summed E-state index contributed by atoms with van der Waals surface area (Å²) < 4.78 is 27.3. The highest BCUT2D eigenvalue weighted by atomic mass is 79.9. The molecule has 1 aromatic carbocycles. The van der Waals surface area contributed by atoms with Gasteiger partial charge in [0.05, 0.1) is 4.90 Å². The molecule has 0 amide bonds. The maximum absolute atomic E-state index is 11.9. The smallest absolute Gasteiger partial charge is 0.211 e. The summed E-state index contributed by atoms with van der Waals surface area (Å²) in [5.41, 5.74) is 0.932. The van der Waals surface area contributed by atoms with E-state index >= 15 is 0 Å². The van der Waals surface area contributed by atoms with Gasteiger partial charge in [0.1, 0.15) is 0 Å². The minimum atomic E-state index is -3.34. The highest BCUT2D eigenvalue weighted by Crippen LogP contribution is 2.28. The maximum atomic E-state index is 11.9. The van der Waals surface area contributed by atoms with Gasteiger partial charge in [0.15, 0.2) is 0 Å². The summed E-state index contributed by atoms with van der Waals surface area (Å²) >= 11 is 3.31. The van der Waals surface area contributed by atoms with Crippen molar-refractivity contribution in [1.82, 2.24) is 4.72 Å². The third kappa shape index (κ3) is 3.06. The van der Waals surface area contributed by atoms with Crippen LogP contribution in [0.3, 0.4) is 0 Å². The van der Waals surface area contributed by atoms with Crippen molar-refractivity contribution < 1.29 is 8.42 Å². The zero-order valence-electron chi connectivity index (χ0n) is 9.03. The number of benzene rings is 1. The third-order valence-corrected chi connectivity index (χ3v) is 4.45. The topological polar surface area (TPSA) is 46.2 Å². The lowest BCUT2D eigenvalue weighted by molar-refractivity contribution is 0.577. The lowest BCUT2D eigenvalue weighted by atomic mass is 10.2. The van der Waals surface area contributed by atoms with Crippen LogP contribution in [-0.4, -0.2) is 15.0 Å². The zero-order valence-corrected chi connectivity index (χ0v) is 11.4. The Hall–Kier alpha value is -0.390. The quantitative estimate of drug-likeness (QED) is 0.928. The molecule has 0 aromatic heterocycles. The normalized spacial score (nSPS) is 16.4. The van der Waals surface area contributed by atoms with Crippen LogP contribution in [0.4, 0.5) is 0 Å². The monoisotopic (exact) mass is 303 g/mol. The van der Waals surface area contributed by atoms with Gasteiger partial charge in [-0.1, -0.05) is 15.9 Å². The number of halogens is 1. The first-order valence-corrected chi connectivity index (χ1v) is 7.52. The van der Waals surface area contributed by atoms with E-state index in [0.717, 1.165) is 22.9 Å². The summed E-state index contributed by atoms with van der Waals surface area (Å²) in [6.45, 7) is 2.44. The zero-order chi connectivity index (χ0) is 11.8. The van der Waals surface area contributed by atoms with Gasteiger partial charge in [-0.3, -0.25) is 0 Å². The SMILES string of the molecule is Cc1cc(Br)cc(S(=O)(=O)NCC2CC2)c1. The Morgan fingerprint density at radius 3 is 2.62 bits per heavy atom. The molecular formula is C11H14BrNO2S. The second-order valence-corrected chi connectivity index (χ2v) is 6.94. The molecule has 0 heterocycles. The van der Waals surface area contributed by atoms with Crippen molar-refractivity contribution in [1.29, 1.82) is 0 Å². The van der Waals surface area contributed by atoms with Crippen LogP contribution in [0.5, 0.6) is 0 Å². The Balaban J connectivity index is 2.19. The molecule has 0 atom stereocenters. The molecule has 3 nitrogen and oxygen atoms in total. The van der Waals surface area contributed by atoms with Crippen LogP contribution in [0.2, 0.25) is 0 Å². The van der Waals surface area contributed by atoms with Crippen LogP contribution in [0.25, 0.3) is 0 Å². The molecule has 0 unspecified atom stereocenters. The summed E-state index contributed by atoms with van der Waals surface area (Å²) in [6.07, 6.45) is 2.28. The van der Waals surface area contributed by atoms with Crippen molar-refractivity contribution in [3.05, 3.63) is 28.2 Å². The molecular weight excluding hydrogens is 290 g/mol. The first-order valence-electron chi connectivity index (χ1n) is 5.24. The Kier molecular flexibility index (Phi) is 3.37. The van der Waals surface area contributed by atoms with Gasteiger partial charge in [0.2, 0.25) is 10.0 Å². The van der Waals surface area contributed by atoms with E-state index in [4.69, 9.17) is 0 Å². The first-order chi connectivity index (χ1) is 7.47. The van der Waals surface area contributed by atoms with Gasteiger partial charge < -0.3 is 0 Å². The largest absolute Gasteiger partial charge is 0.240 e. The molecule has 0 saturated heterocycles. The molecule has 1 saturated carbocycles. The van der Waals surface area contributed by atoms with E-state index in [1.807, 2.05) is 13.0 Å². The predicted molar refractivity (Wildman–Crippen MR) is 66.8 cm³/mol. The summed E-state index contributed by atoms with van der Waals surface area (Å²) in [5.74, 6) is 0.544. The van der Waals surface area contributed by atoms with Crippen LogP contribution in [0.1, 0.15) is 18.4 Å². The average molecular weight is 304 g/mol. The molecule has 1 aromatic rings. The fourth-order valence-corrected chi connectivity index (χ4v) is 3.49. The van der Waals surface area contributed by atoms with Crippen LogP contribution in [-0.2, 0) is 10.0 Å². The molecule has 0 bridgehead atoms. The summed E-state index contributed by atoms with van der Waals surface area (Å²) in [4.78, 5) is 0.333. The lowest BCUT2D eigenvalue weighted by Gasteiger charge is -2.07. The molecule has 0 aliphatic heterocycles. The van der Waals surface area contributed by atoms with Gasteiger partial charge in [-0.25, -0.2) is 13.1 Å². The maximum Gasteiger partial charge on any atom is 0.240 e. The van der Waals surface area contributed by atoms with Crippen molar-refractivity contribution in [2.45, 2.75) is 24.7 Å². The second kappa shape index (κ2) is 4.47. The van der Waals surface area contributed by atoms with Crippen molar-refractivity contribution in [2.75, 3.05) is 6.54 Å². The van der Waals surface area contributed by atoms with Crippen molar-refractivity contribution in [2.24, 2.45) is 5.92 Å². The van der Waals surface area contributed by atoms with Crippen molar-refractivity contribution in [3.63, 3.8) is 0 Å². The van der Waals surface area contributed by atoms with Crippen LogP contribution in [0, 0.1) is 12.8 Å². The summed E-state index contributed by atoms with van der Waals surface area (Å²) in [5, 5.41) is 0. The predicted octanol–water partition coefficient (Wildman–Crippen LogP) is 2.45. The fourth-order valence-electron chi connectivity index (χ4n) is 1.49. The molecule has 1 aliphatic carbocycles. The van der Waals surface area contributed by atoms with E-state index in [0.29, 0.717) is 17.4 Å². The number of aryl methyl sites for hydroxylation is 1. The highest BCUT2D eigenvalue weighted by molar-refractivity contribution is 9.10. The van der Waals surface area contributed by atoms with Gasteiger partial charge in [0, 0.05) is 11.0 Å². The molecule has 0 radical (unpaired) electrons. The van der Waals surface area contributed by atoms with Crippen LogP contribution >= 0.6 is 15.9 Å². The van der Waals surface area contributed by atoms with E-state index in [9.17, 15) is 8.42 Å². The van der Waals surface area contributed by atoms with Gasteiger partial charge >= 0.3 is 0 Å². The van der Waals surface area contributed by atoms with Crippen LogP contribution in [0.15, 0.2) is 27.6 Å². The molecule has 1 fully saturated rings.